The highest BCUT2D eigenvalue weighted by atomic mass is 35.5. The highest BCUT2D eigenvalue weighted by molar-refractivity contribution is 6.30. The summed E-state index contributed by atoms with van der Waals surface area (Å²) < 4.78 is 2.32. The Labute approximate surface area is 152 Å². The predicted molar refractivity (Wildman–Crippen MR) is 105 cm³/mol. The van der Waals surface area contributed by atoms with Crippen LogP contribution >= 0.6 is 11.6 Å². The summed E-state index contributed by atoms with van der Waals surface area (Å²) in [5.41, 5.74) is 4.69. The third kappa shape index (κ3) is 3.45. The van der Waals surface area contributed by atoms with E-state index in [4.69, 9.17) is 16.6 Å². The quantitative estimate of drug-likeness (QED) is 0.434. The van der Waals surface area contributed by atoms with Crippen LogP contribution in [0.4, 0.5) is 0 Å². The minimum absolute atomic E-state index is 0.746. The maximum absolute atomic E-state index is 6.04. The van der Waals surface area contributed by atoms with E-state index in [1.807, 2.05) is 30.3 Å². The van der Waals surface area contributed by atoms with Crippen LogP contribution in [0.3, 0.4) is 0 Å². The van der Waals surface area contributed by atoms with Gasteiger partial charge in [0, 0.05) is 17.1 Å². The minimum Gasteiger partial charge on any atom is -0.324 e. The van der Waals surface area contributed by atoms with Crippen LogP contribution in [0.5, 0.6) is 0 Å². The van der Waals surface area contributed by atoms with Crippen LogP contribution in [-0.4, -0.2) is 9.55 Å². The molecule has 0 unspecified atom stereocenters. The molecule has 1 heterocycles. The van der Waals surface area contributed by atoms with Gasteiger partial charge in [-0.2, -0.15) is 0 Å². The summed E-state index contributed by atoms with van der Waals surface area (Å²) in [6.07, 6.45) is 2.14. The van der Waals surface area contributed by atoms with E-state index in [1.165, 1.54) is 11.1 Å². The number of nitrogens with zero attached hydrogens (tertiary/aromatic N) is 2. The van der Waals surface area contributed by atoms with Gasteiger partial charge in [-0.25, -0.2) is 4.98 Å². The van der Waals surface area contributed by atoms with Crippen LogP contribution in [0.15, 0.2) is 78.9 Å². The van der Waals surface area contributed by atoms with Crippen LogP contribution < -0.4 is 0 Å². The molecule has 0 saturated heterocycles. The number of fused-ring (bicyclic) bond motifs is 1. The Morgan fingerprint density at radius 2 is 1.52 bits per heavy atom. The number of hydrogen-bond donors (Lipinski definition) is 0. The summed E-state index contributed by atoms with van der Waals surface area (Å²) in [6, 6.07) is 26.9. The first-order chi connectivity index (χ1) is 12.3. The highest BCUT2D eigenvalue weighted by Gasteiger charge is 2.12. The van der Waals surface area contributed by atoms with Gasteiger partial charge in [-0.15, -0.1) is 0 Å². The number of aryl methyl sites for hydroxylation is 2. The molecule has 0 aliphatic heterocycles. The van der Waals surface area contributed by atoms with E-state index in [0.717, 1.165) is 41.3 Å². The maximum atomic E-state index is 6.04. The van der Waals surface area contributed by atoms with Crippen molar-refractivity contribution in [1.29, 1.82) is 0 Å². The molecule has 0 aliphatic carbocycles. The zero-order valence-corrected chi connectivity index (χ0v) is 14.7. The molecule has 0 spiro atoms. The molecule has 4 rings (SSSR count). The number of para-hydroxylation sites is 2. The van der Waals surface area contributed by atoms with E-state index in [-0.39, 0.29) is 0 Å². The van der Waals surface area contributed by atoms with E-state index in [1.54, 1.807) is 0 Å². The summed E-state index contributed by atoms with van der Waals surface area (Å²) in [7, 11) is 0. The number of rotatable bonds is 5. The molecule has 2 nitrogen and oxygen atoms in total. The van der Waals surface area contributed by atoms with Crippen molar-refractivity contribution in [3.05, 3.63) is 89.4 Å². The first-order valence-electron chi connectivity index (χ1n) is 8.56. The van der Waals surface area contributed by atoms with Gasteiger partial charge in [-0.3, -0.25) is 0 Å². The lowest BCUT2D eigenvalue weighted by molar-refractivity contribution is 0.663. The van der Waals surface area contributed by atoms with Gasteiger partial charge in [0.2, 0.25) is 0 Å². The van der Waals surface area contributed by atoms with Gasteiger partial charge in [0.25, 0.3) is 0 Å². The number of aromatic nitrogens is 2. The normalized spacial score (nSPS) is 11.1. The SMILES string of the molecule is Clc1ccc(-c2nc3ccccc3n2CCCc2ccccc2)cc1. The lowest BCUT2D eigenvalue weighted by Gasteiger charge is -2.10. The summed E-state index contributed by atoms with van der Waals surface area (Å²) in [6.45, 7) is 0.938. The van der Waals surface area contributed by atoms with Crippen molar-refractivity contribution < 1.29 is 0 Å². The van der Waals surface area contributed by atoms with Gasteiger partial charge < -0.3 is 4.57 Å². The topological polar surface area (TPSA) is 17.8 Å². The highest BCUT2D eigenvalue weighted by Crippen LogP contribution is 2.26. The van der Waals surface area contributed by atoms with Gasteiger partial charge >= 0.3 is 0 Å². The van der Waals surface area contributed by atoms with Crippen molar-refractivity contribution in [2.75, 3.05) is 0 Å². The fraction of sp³-hybridized carbons (Fsp3) is 0.136. The summed E-state index contributed by atoms with van der Waals surface area (Å²) in [4.78, 5) is 4.86. The molecule has 0 N–H and O–H groups in total. The number of imidazole rings is 1. The van der Waals surface area contributed by atoms with Crippen LogP contribution in [-0.2, 0) is 13.0 Å². The predicted octanol–water partition coefficient (Wildman–Crippen LogP) is 5.99. The zero-order valence-electron chi connectivity index (χ0n) is 13.9. The first kappa shape index (κ1) is 15.9. The maximum Gasteiger partial charge on any atom is 0.141 e. The molecule has 0 amide bonds. The van der Waals surface area contributed by atoms with E-state index in [2.05, 4.69) is 53.1 Å². The van der Waals surface area contributed by atoms with Crippen LogP contribution in [0.25, 0.3) is 22.4 Å². The molecule has 0 aliphatic rings. The summed E-state index contributed by atoms with van der Waals surface area (Å²) >= 11 is 6.04. The number of halogens is 1. The Kier molecular flexibility index (Phi) is 4.53. The van der Waals surface area contributed by atoms with Gasteiger partial charge in [0.15, 0.2) is 0 Å². The molecule has 0 fully saturated rings. The second-order valence-corrected chi connectivity index (χ2v) is 6.61. The van der Waals surface area contributed by atoms with Gasteiger partial charge in [-0.05, 0) is 54.8 Å². The molecular formula is C22H19ClN2. The molecule has 1 aromatic heterocycles. The van der Waals surface area contributed by atoms with E-state index >= 15 is 0 Å². The second-order valence-electron chi connectivity index (χ2n) is 6.17. The van der Waals surface area contributed by atoms with Crippen LogP contribution in [0.2, 0.25) is 5.02 Å². The van der Waals surface area contributed by atoms with Crippen LogP contribution in [0.1, 0.15) is 12.0 Å². The van der Waals surface area contributed by atoms with Gasteiger partial charge in [0.1, 0.15) is 5.82 Å². The second kappa shape index (κ2) is 7.12. The first-order valence-corrected chi connectivity index (χ1v) is 8.94. The van der Waals surface area contributed by atoms with Crippen molar-refractivity contribution in [2.24, 2.45) is 0 Å². The Bertz CT molecular complexity index is 972. The third-order valence-electron chi connectivity index (χ3n) is 4.45. The molecule has 3 aromatic carbocycles. The Morgan fingerprint density at radius 1 is 0.800 bits per heavy atom. The Hall–Kier alpha value is -2.58. The summed E-state index contributed by atoms with van der Waals surface area (Å²) in [5.74, 6) is 1.01. The van der Waals surface area contributed by atoms with Gasteiger partial charge in [0.05, 0.1) is 11.0 Å². The molecule has 0 atom stereocenters. The van der Waals surface area contributed by atoms with Crippen molar-refractivity contribution in [3.63, 3.8) is 0 Å². The fourth-order valence-corrected chi connectivity index (χ4v) is 3.33. The molecular weight excluding hydrogens is 328 g/mol. The molecule has 0 saturated carbocycles. The van der Waals surface area contributed by atoms with Crippen molar-refractivity contribution in [2.45, 2.75) is 19.4 Å². The number of hydrogen-bond acceptors (Lipinski definition) is 1. The van der Waals surface area contributed by atoms with E-state index < -0.39 is 0 Å². The Balaban J connectivity index is 1.66. The van der Waals surface area contributed by atoms with Crippen LogP contribution in [0, 0.1) is 0 Å². The number of benzene rings is 3. The minimum atomic E-state index is 0.746. The fourth-order valence-electron chi connectivity index (χ4n) is 3.21. The molecule has 4 aromatic rings. The monoisotopic (exact) mass is 346 g/mol. The molecule has 0 bridgehead atoms. The van der Waals surface area contributed by atoms with Crippen molar-refractivity contribution in [3.8, 4) is 11.4 Å². The smallest absolute Gasteiger partial charge is 0.141 e. The Morgan fingerprint density at radius 3 is 2.32 bits per heavy atom. The van der Waals surface area contributed by atoms with E-state index in [0.29, 0.717) is 0 Å². The molecule has 25 heavy (non-hydrogen) atoms. The average Bonchev–Trinajstić information content (AvgIpc) is 3.02. The van der Waals surface area contributed by atoms with Crippen molar-refractivity contribution in [1.82, 2.24) is 9.55 Å². The molecule has 3 heteroatoms. The third-order valence-corrected chi connectivity index (χ3v) is 4.70. The van der Waals surface area contributed by atoms with Gasteiger partial charge in [-0.1, -0.05) is 54.1 Å². The lowest BCUT2D eigenvalue weighted by Crippen LogP contribution is -2.02. The zero-order chi connectivity index (χ0) is 17.1. The molecule has 124 valence electrons. The van der Waals surface area contributed by atoms with E-state index in [9.17, 15) is 0 Å². The standard InChI is InChI=1S/C22H19ClN2/c23-19-14-12-18(13-15-19)22-24-20-10-4-5-11-21(20)25(22)16-6-9-17-7-2-1-3-8-17/h1-5,7-8,10-15H,6,9,16H2. The molecule has 0 radical (unpaired) electrons. The lowest BCUT2D eigenvalue weighted by atomic mass is 10.1. The summed E-state index contributed by atoms with van der Waals surface area (Å²) in [5, 5.41) is 0.746. The van der Waals surface area contributed by atoms with Crippen molar-refractivity contribution >= 4 is 22.6 Å². The average molecular weight is 347 g/mol. The largest absolute Gasteiger partial charge is 0.324 e.